The summed E-state index contributed by atoms with van der Waals surface area (Å²) in [4.78, 5) is 10.4. The van der Waals surface area contributed by atoms with Crippen molar-refractivity contribution in [2.24, 2.45) is 11.8 Å². The molecule has 5 nitrogen and oxygen atoms in total. The van der Waals surface area contributed by atoms with Crippen molar-refractivity contribution in [3.8, 4) is 0 Å². The van der Waals surface area contributed by atoms with Crippen molar-refractivity contribution < 1.29 is 25.2 Å². The minimum Gasteiger partial charge on any atom is -0.550 e. The van der Waals surface area contributed by atoms with Gasteiger partial charge in [0.1, 0.15) is 0 Å². The van der Waals surface area contributed by atoms with Crippen LogP contribution in [0.4, 0.5) is 0 Å². The van der Waals surface area contributed by atoms with Crippen molar-refractivity contribution in [1.29, 1.82) is 0 Å². The van der Waals surface area contributed by atoms with Crippen LogP contribution in [0.25, 0.3) is 0 Å². The fourth-order valence-electron chi connectivity index (χ4n) is 3.75. The minimum atomic E-state index is -1.04. The van der Waals surface area contributed by atoms with Gasteiger partial charge in [-0.3, -0.25) is 0 Å². The summed E-state index contributed by atoms with van der Waals surface area (Å²) >= 11 is 0. The van der Waals surface area contributed by atoms with Crippen LogP contribution in [0.3, 0.4) is 0 Å². The maximum atomic E-state index is 10.4. The maximum Gasteiger partial charge on any atom is 0.0724 e. The highest BCUT2D eigenvalue weighted by atomic mass is 16.4. The zero-order chi connectivity index (χ0) is 20.4. The Kier molecular flexibility index (Phi) is 9.41. The van der Waals surface area contributed by atoms with Crippen LogP contribution in [0, 0.1) is 11.8 Å². The Hall–Kier alpha value is -1.95. The third-order valence-electron chi connectivity index (χ3n) is 5.37. The Balaban J connectivity index is 1.82. The molecule has 5 unspecified atom stereocenters. The molecule has 2 rings (SSSR count). The van der Waals surface area contributed by atoms with E-state index in [4.69, 9.17) is 0 Å². The number of carboxylic acids is 1. The first-order chi connectivity index (χ1) is 13.5. The molecule has 3 N–H and O–H groups in total. The van der Waals surface area contributed by atoms with E-state index >= 15 is 0 Å². The lowest BCUT2D eigenvalue weighted by Gasteiger charge is -2.19. The predicted octanol–water partition coefficient (Wildman–Crippen LogP) is 1.76. The zero-order valence-electron chi connectivity index (χ0n) is 16.2. The molecule has 154 valence electrons. The predicted molar refractivity (Wildman–Crippen MR) is 106 cm³/mol. The number of aryl methyl sites for hydroxylation is 1. The molecular formula is C23H31O5-. The van der Waals surface area contributed by atoms with E-state index in [2.05, 4.69) is 0 Å². The van der Waals surface area contributed by atoms with Gasteiger partial charge in [-0.15, -0.1) is 0 Å². The second-order valence-electron chi connectivity index (χ2n) is 7.56. The summed E-state index contributed by atoms with van der Waals surface area (Å²) in [6.45, 7) is 0. The average Bonchev–Trinajstić information content (AvgIpc) is 2.94. The van der Waals surface area contributed by atoms with Gasteiger partial charge in [-0.1, -0.05) is 54.6 Å². The van der Waals surface area contributed by atoms with Gasteiger partial charge in [-0.25, -0.2) is 0 Å². The number of aliphatic hydroxyl groups is 3. The monoisotopic (exact) mass is 387 g/mol. The van der Waals surface area contributed by atoms with Gasteiger partial charge in [0.15, 0.2) is 0 Å². The minimum absolute atomic E-state index is 0.0430. The van der Waals surface area contributed by atoms with Crippen LogP contribution in [-0.4, -0.2) is 39.6 Å². The molecule has 5 atom stereocenters. The van der Waals surface area contributed by atoms with Gasteiger partial charge in [-0.2, -0.15) is 0 Å². The van der Waals surface area contributed by atoms with Gasteiger partial charge in [0.2, 0.25) is 0 Å². The molecule has 1 aromatic carbocycles. The number of carbonyl (C=O) groups excluding carboxylic acids is 1. The fourth-order valence-corrected chi connectivity index (χ4v) is 3.75. The van der Waals surface area contributed by atoms with Crippen molar-refractivity contribution in [3.63, 3.8) is 0 Å². The fraction of sp³-hybridized carbons (Fsp3) is 0.522. The number of aliphatic carboxylic acids is 1. The first kappa shape index (κ1) is 22.3. The largest absolute Gasteiger partial charge is 0.550 e. The number of unbranched alkanes of at least 4 members (excludes halogenated alkanes) is 1. The summed E-state index contributed by atoms with van der Waals surface area (Å²) in [5, 5.41) is 41.1. The van der Waals surface area contributed by atoms with Gasteiger partial charge in [0.05, 0.1) is 18.3 Å². The molecular weight excluding hydrogens is 356 g/mol. The van der Waals surface area contributed by atoms with E-state index < -0.39 is 24.3 Å². The summed E-state index contributed by atoms with van der Waals surface area (Å²) in [7, 11) is 0. The molecule has 1 fully saturated rings. The Morgan fingerprint density at radius 2 is 1.93 bits per heavy atom. The third-order valence-corrected chi connectivity index (χ3v) is 5.37. The van der Waals surface area contributed by atoms with Gasteiger partial charge < -0.3 is 25.2 Å². The van der Waals surface area contributed by atoms with Crippen LogP contribution in [0.5, 0.6) is 0 Å². The highest BCUT2D eigenvalue weighted by Gasteiger charge is 2.39. The molecule has 1 aliphatic rings. The van der Waals surface area contributed by atoms with Crippen LogP contribution in [0.2, 0.25) is 0 Å². The number of rotatable bonds is 11. The van der Waals surface area contributed by atoms with Crippen molar-refractivity contribution in [2.45, 2.75) is 63.3 Å². The van der Waals surface area contributed by atoms with Crippen molar-refractivity contribution >= 4 is 5.97 Å². The Labute approximate surface area is 167 Å². The van der Waals surface area contributed by atoms with Crippen molar-refractivity contribution in [3.05, 3.63) is 60.2 Å². The smallest absolute Gasteiger partial charge is 0.0724 e. The van der Waals surface area contributed by atoms with Crippen LogP contribution >= 0.6 is 0 Å². The third kappa shape index (κ3) is 7.58. The van der Waals surface area contributed by atoms with E-state index in [1.165, 1.54) is 5.56 Å². The van der Waals surface area contributed by atoms with E-state index in [1.807, 2.05) is 48.6 Å². The summed E-state index contributed by atoms with van der Waals surface area (Å²) < 4.78 is 0. The Bertz CT molecular complexity index is 640. The number of hydrogen-bond acceptors (Lipinski definition) is 5. The van der Waals surface area contributed by atoms with E-state index in [-0.39, 0.29) is 18.3 Å². The van der Waals surface area contributed by atoms with Crippen molar-refractivity contribution in [1.82, 2.24) is 0 Å². The molecule has 5 heteroatoms. The molecule has 0 amide bonds. The van der Waals surface area contributed by atoms with Crippen LogP contribution in [0.1, 0.15) is 44.1 Å². The van der Waals surface area contributed by atoms with Gasteiger partial charge in [0, 0.05) is 18.3 Å². The lowest BCUT2D eigenvalue weighted by molar-refractivity contribution is -0.305. The second kappa shape index (κ2) is 11.8. The van der Waals surface area contributed by atoms with E-state index in [9.17, 15) is 25.2 Å². The van der Waals surface area contributed by atoms with E-state index in [0.717, 1.165) is 6.42 Å². The van der Waals surface area contributed by atoms with Gasteiger partial charge in [0.25, 0.3) is 0 Å². The van der Waals surface area contributed by atoms with Gasteiger partial charge in [-0.05, 0) is 50.0 Å². The highest BCUT2D eigenvalue weighted by molar-refractivity contribution is 5.64. The highest BCUT2D eigenvalue weighted by Crippen LogP contribution is 2.36. The van der Waals surface area contributed by atoms with Crippen LogP contribution < -0.4 is 5.11 Å². The number of allylic oxidation sites excluding steroid dienone is 2. The van der Waals surface area contributed by atoms with E-state index in [0.29, 0.717) is 32.1 Å². The molecule has 0 aromatic heterocycles. The molecule has 0 saturated heterocycles. The maximum absolute atomic E-state index is 10.4. The molecule has 0 aliphatic heterocycles. The standard InChI is InChI=1S/C23H32O5/c24-18(13-12-17-8-4-3-5-9-17)14-15-20-19(21(25)16-22(20)26)10-6-1-2-7-11-23(27)28/h1,3-6,8-9,14-15,18-22,24-26H,2,7,10-13,16H2,(H,27,28)/p-1/b6-1+,15-14+. The number of hydrogen-bond donors (Lipinski definition) is 3. The van der Waals surface area contributed by atoms with Crippen molar-refractivity contribution in [2.75, 3.05) is 0 Å². The number of benzene rings is 1. The molecule has 28 heavy (non-hydrogen) atoms. The first-order valence-electron chi connectivity index (χ1n) is 10.1. The quantitative estimate of drug-likeness (QED) is 0.397. The zero-order valence-corrected chi connectivity index (χ0v) is 16.2. The Morgan fingerprint density at radius 3 is 2.64 bits per heavy atom. The molecule has 1 aliphatic carbocycles. The Morgan fingerprint density at radius 1 is 1.18 bits per heavy atom. The summed E-state index contributed by atoms with van der Waals surface area (Å²) in [5.74, 6) is -1.35. The van der Waals surface area contributed by atoms with Gasteiger partial charge >= 0.3 is 0 Å². The summed E-state index contributed by atoms with van der Waals surface area (Å²) in [5.41, 5.74) is 1.17. The normalized spacial score (nSPS) is 26.2. The molecule has 0 spiro atoms. The molecule has 0 bridgehead atoms. The molecule has 1 aromatic rings. The molecule has 0 radical (unpaired) electrons. The van der Waals surface area contributed by atoms with Crippen LogP contribution in [0.15, 0.2) is 54.6 Å². The molecule has 0 heterocycles. The number of carbonyl (C=O) groups is 1. The number of carboxylic acid groups (broad SMARTS) is 1. The average molecular weight is 387 g/mol. The summed E-state index contributed by atoms with van der Waals surface area (Å²) in [6.07, 6.45) is 9.17. The topological polar surface area (TPSA) is 101 Å². The lowest BCUT2D eigenvalue weighted by atomic mass is 9.89. The molecule has 1 saturated carbocycles. The first-order valence-corrected chi connectivity index (χ1v) is 10.1. The summed E-state index contributed by atoms with van der Waals surface area (Å²) in [6, 6.07) is 9.98. The SMILES string of the molecule is O=C([O-])CCC/C=C/CC1C(O)CC(O)C1/C=C/C(O)CCc1ccccc1. The number of aliphatic hydroxyl groups excluding tert-OH is 3. The van der Waals surface area contributed by atoms with Crippen LogP contribution in [-0.2, 0) is 11.2 Å². The van der Waals surface area contributed by atoms with E-state index in [1.54, 1.807) is 6.08 Å². The lowest BCUT2D eigenvalue weighted by Crippen LogP contribution is -2.21. The second-order valence-corrected chi connectivity index (χ2v) is 7.56.